The molecule has 0 aromatic heterocycles. The van der Waals surface area contributed by atoms with E-state index in [9.17, 15) is 10.2 Å². The second kappa shape index (κ2) is 12.9. The average molecular weight is 611 g/mol. The molecule has 4 aromatic rings. The van der Waals surface area contributed by atoms with E-state index in [1.54, 1.807) is 33.5 Å². The van der Waals surface area contributed by atoms with E-state index in [4.69, 9.17) is 18.9 Å². The van der Waals surface area contributed by atoms with Gasteiger partial charge in [0.2, 0.25) is 5.75 Å². The molecule has 0 saturated heterocycles. The molecule has 2 atom stereocenters. The van der Waals surface area contributed by atoms with Crippen molar-refractivity contribution in [1.29, 1.82) is 0 Å². The molecule has 0 aliphatic carbocycles. The van der Waals surface area contributed by atoms with Gasteiger partial charge in [-0.15, -0.1) is 0 Å². The smallest absolute Gasteiger partial charge is 0.201 e. The molecule has 0 spiro atoms. The second-order valence-electron chi connectivity index (χ2n) is 12.0. The van der Waals surface area contributed by atoms with Crippen LogP contribution in [0, 0.1) is 0 Å². The van der Waals surface area contributed by atoms with E-state index in [1.165, 1.54) is 16.7 Å². The van der Waals surface area contributed by atoms with Crippen molar-refractivity contribution in [3.63, 3.8) is 0 Å². The summed E-state index contributed by atoms with van der Waals surface area (Å²) in [6.45, 7) is 1.79. The van der Waals surface area contributed by atoms with E-state index in [-0.39, 0.29) is 23.6 Å². The highest BCUT2D eigenvalue weighted by Gasteiger charge is 2.34. The summed E-state index contributed by atoms with van der Waals surface area (Å²) < 4.78 is 23.7. The van der Waals surface area contributed by atoms with Crippen molar-refractivity contribution < 1.29 is 29.2 Å². The van der Waals surface area contributed by atoms with E-state index in [1.807, 2.05) is 30.3 Å². The van der Waals surface area contributed by atoms with Gasteiger partial charge < -0.3 is 29.2 Å². The highest BCUT2D eigenvalue weighted by molar-refractivity contribution is 5.63. The molecule has 2 heterocycles. The summed E-state index contributed by atoms with van der Waals surface area (Å²) in [4.78, 5) is 4.67. The predicted octanol–water partition coefficient (Wildman–Crippen LogP) is 6.46. The lowest BCUT2D eigenvalue weighted by molar-refractivity contribution is 0.220. The van der Waals surface area contributed by atoms with E-state index in [2.05, 4.69) is 48.2 Å². The summed E-state index contributed by atoms with van der Waals surface area (Å²) in [6, 6.07) is 21.7. The van der Waals surface area contributed by atoms with Crippen LogP contribution in [0.2, 0.25) is 0 Å². The Morgan fingerprint density at radius 3 is 1.89 bits per heavy atom. The van der Waals surface area contributed by atoms with Crippen LogP contribution in [0.1, 0.15) is 45.5 Å². The number of phenolic OH excluding ortho intramolecular Hbond substituents is 2. The van der Waals surface area contributed by atoms with Gasteiger partial charge in [-0.1, -0.05) is 24.3 Å². The third-order valence-electron chi connectivity index (χ3n) is 9.38. The molecule has 45 heavy (non-hydrogen) atoms. The number of rotatable bonds is 9. The van der Waals surface area contributed by atoms with Gasteiger partial charge in [0.25, 0.3) is 0 Å². The fourth-order valence-corrected chi connectivity index (χ4v) is 6.74. The quantitative estimate of drug-likeness (QED) is 0.224. The van der Waals surface area contributed by atoms with Crippen molar-refractivity contribution in [3.05, 3.63) is 100 Å². The highest BCUT2D eigenvalue weighted by atomic mass is 16.5. The minimum Gasteiger partial charge on any atom is -0.508 e. The minimum absolute atomic E-state index is 0.0334. The van der Waals surface area contributed by atoms with Crippen molar-refractivity contribution >= 4 is 0 Å². The Morgan fingerprint density at radius 2 is 1.24 bits per heavy atom. The van der Waals surface area contributed by atoms with E-state index >= 15 is 0 Å². The molecule has 0 bridgehead atoms. The lowest BCUT2D eigenvalue weighted by Crippen LogP contribution is -2.34. The van der Waals surface area contributed by atoms with Gasteiger partial charge in [0.05, 0.1) is 21.3 Å². The maximum atomic E-state index is 11.6. The molecule has 236 valence electrons. The summed E-state index contributed by atoms with van der Waals surface area (Å²) in [6.07, 6.45) is 3.21. The number of fused-ring (bicyclic) bond motifs is 2. The second-order valence-corrected chi connectivity index (χ2v) is 12.0. The third kappa shape index (κ3) is 6.13. The lowest BCUT2D eigenvalue weighted by atomic mass is 9.87. The topological polar surface area (TPSA) is 83.9 Å². The molecular weight excluding hydrogens is 568 g/mol. The molecule has 0 amide bonds. The average Bonchev–Trinajstić information content (AvgIpc) is 3.05. The van der Waals surface area contributed by atoms with Crippen LogP contribution in [-0.4, -0.2) is 68.5 Å². The molecule has 0 saturated carbocycles. The van der Waals surface area contributed by atoms with Crippen LogP contribution in [0.5, 0.6) is 40.2 Å². The van der Waals surface area contributed by atoms with Gasteiger partial charge >= 0.3 is 0 Å². The molecule has 0 radical (unpaired) electrons. The van der Waals surface area contributed by atoms with Crippen LogP contribution in [-0.2, 0) is 25.7 Å². The van der Waals surface area contributed by atoms with Gasteiger partial charge in [0, 0.05) is 30.7 Å². The Bertz CT molecular complexity index is 1650. The molecule has 2 N–H and O–H groups in total. The zero-order valence-electron chi connectivity index (χ0n) is 26.7. The monoisotopic (exact) mass is 610 g/mol. The summed E-state index contributed by atoms with van der Waals surface area (Å²) in [5, 5.41) is 21.4. The number of likely N-dealkylation sites (N-methyl/N-ethyl adjacent to an activating group) is 2. The Morgan fingerprint density at radius 1 is 0.667 bits per heavy atom. The maximum absolute atomic E-state index is 11.6. The number of hydrogen-bond acceptors (Lipinski definition) is 8. The molecule has 2 aliphatic heterocycles. The molecule has 4 aromatic carbocycles. The van der Waals surface area contributed by atoms with Crippen LogP contribution < -0.4 is 18.9 Å². The molecule has 0 unspecified atom stereocenters. The molecule has 0 fully saturated rings. The first-order chi connectivity index (χ1) is 21.8. The summed E-state index contributed by atoms with van der Waals surface area (Å²) >= 11 is 0. The number of phenols is 2. The van der Waals surface area contributed by atoms with E-state index in [0.717, 1.165) is 54.8 Å². The Kier molecular flexibility index (Phi) is 8.79. The van der Waals surface area contributed by atoms with Gasteiger partial charge in [-0.2, -0.15) is 0 Å². The zero-order valence-corrected chi connectivity index (χ0v) is 26.7. The first-order valence-electron chi connectivity index (χ1n) is 15.4. The van der Waals surface area contributed by atoms with E-state index in [0.29, 0.717) is 29.4 Å². The van der Waals surface area contributed by atoms with Gasteiger partial charge in [0.15, 0.2) is 23.0 Å². The standard InChI is InChI=1S/C37H42N2O6/c1-38-16-14-25-20-32(43-4)33(22-29(25)30(38)18-24-8-12-28(42-3)13-9-24)45-37-35-26(21-34(44-5)36(37)41)15-17-39(2)31(35)19-23-6-10-27(40)11-7-23/h6-13,20-22,30-31,40-41H,14-19H2,1-5H3/t30-,31-/m0/s1. The van der Waals surface area contributed by atoms with Crippen molar-refractivity contribution in [2.45, 2.75) is 37.8 Å². The molecule has 6 rings (SSSR count). The van der Waals surface area contributed by atoms with Crippen LogP contribution in [0.3, 0.4) is 0 Å². The lowest BCUT2D eigenvalue weighted by Gasteiger charge is -2.37. The summed E-state index contributed by atoms with van der Waals surface area (Å²) in [7, 11) is 9.15. The maximum Gasteiger partial charge on any atom is 0.201 e. The molecule has 2 aliphatic rings. The normalized spacial score (nSPS) is 18.2. The van der Waals surface area contributed by atoms with Gasteiger partial charge in [-0.05, 0) is 110 Å². The first kappa shape index (κ1) is 30.6. The van der Waals surface area contributed by atoms with Gasteiger partial charge in [0.1, 0.15) is 11.5 Å². The minimum atomic E-state index is -0.0670. The number of hydrogen-bond donors (Lipinski definition) is 2. The van der Waals surface area contributed by atoms with Gasteiger partial charge in [-0.25, -0.2) is 0 Å². The van der Waals surface area contributed by atoms with Crippen molar-refractivity contribution in [3.8, 4) is 40.2 Å². The SMILES string of the molecule is COc1ccc(C[C@H]2c3cc(Oc4c(O)c(OC)cc5c4[C@H](Cc4ccc(O)cc4)N(C)CC5)c(OC)cc3CCN2C)cc1. The zero-order chi connectivity index (χ0) is 31.7. The molecule has 8 nitrogen and oxygen atoms in total. The molecule has 8 heteroatoms. The number of ether oxygens (including phenoxy) is 4. The fourth-order valence-electron chi connectivity index (χ4n) is 6.74. The molecular formula is C37H42N2O6. The Labute approximate surface area is 265 Å². The number of nitrogens with zero attached hydrogens (tertiary/aromatic N) is 2. The summed E-state index contributed by atoms with van der Waals surface area (Å²) in [5.41, 5.74) is 6.73. The van der Waals surface area contributed by atoms with Gasteiger partial charge in [-0.3, -0.25) is 9.80 Å². The first-order valence-corrected chi connectivity index (χ1v) is 15.4. The van der Waals surface area contributed by atoms with E-state index < -0.39 is 0 Å². The van der Waals surface area contributed by atoms with Crippen LogP contribution in [0.4, 0.5) is 0 Å². The largest absolute Gasteiger partial charge is 0.508 e. The highest BCUT2D eigenvalue weighted by Crippen LogP contribution is 2.51. The van der Waals surface area contributed by atoms with Crippen molar-refractivity contribution in [1.82, 2.24) is 9.80 Å². The number of aromatic hydroxyl groups is 2. The van der Waals surface area contributed by atoms with Crippen LogP contribution >= 0.6 is 0 Å². The third-order valence-corrected chi connectivity index (χ3v) is 9.38. The van der Waals surface area contributed by atoms with Crippen molar-refractivity contribution in [2.24, 2.45) is 0 Å². The van der Waals surface area contributed by atoms with Crippen LogP contribution in [0.25, 0.3) is 0 Å². The number of methoxy groups -OCH3 is 3. The number of benzene rings is 4. The Hall–Kier alpha value is -4.40. The van der Waals surface area contributed by atoms with Crippen molar-refractivity contribution in [2.75, 3.05) is 48.5 Å². The fraction of sp³-hybridized carbons (Fsp3) is 0.351. The summed E-state index contributed by atoms with van der Waals surface area (Å²) in [5.74, 6) is 2.98. The Balaban J connectivity index is 1.42. The van der Waals surface area contributed by atoms with Crippen LogP contribution in [0.15, 0.2) is 66.7 Å². The predicted molar refractivity (Wildman–Crippen MR) is 174 cm³/mol.